The lowest BCUT2D eigenvalue weighted by Crippen LogP contribution is -2.35. The molecule has 0 bridgehead atoms. The molecule has 6 nitrogen and oxygen atoms in total. The number of aromatic nitrogens is 2. The molecule has 0 aliphatic carbocycles. The molecule has 0 saturated carbocycles. The predicted molar refractivity (Wildman–Crippen MR) is 103 cm³/mol. The number of carbonyl (C=O) groups excluding carboxylic acids is 1. The average molecular weight is 388 g/mol. The largest absolute Gasteiger partial charge is 0.470 e. The molecule has 0 radical (unpaired) electrons. The molecule has 0 aliphatic heterocycles. The number of halogens is 1. The summed E-state index contributed by atoms with van der Waals surface area (Å²) in [5, 5.41) is 4.84. The zero-order valence-electron chi connectivity index (χ0n) is 15.3. The van der Waals surface area contributed by atoms with E-state index in [1.807, 2.05) is 31.2 Å². The van der Waals surface area contributed by atoms with E-state index in [2.05, 4.69) is 5.10 Å². The molecule has 0 fully saturated rings. The van der Waals surface area contributed by atoms with Crippen LogP contribution in [0.15, 0.2) is 59.3 Å². The van der Waals surface area contributed by atoms with Crippen molar-refractivity contribution in [2.45, 2.75) is 32.5 Å². The number of carbonyl (C=O) groups is 1. The maximum atomic E-state index is 12.7. The van der Waals surface area contributed by atoms with Crippen LogP contribution < -0.4 is 4.74 Å². The minimum atomic E-state index is -0.126. The van der Waals surface area contributed by atoms with Gasteiger partial charge in [-0.15, -0.1) is 0 Å². The normalized spacial score (nSPS) is 12.0. The van der Waals surface area contributed by atoms with E-state index in [-0.39, 0.29) is 18.7 Å². The van der Waals surface area contributed by atoms with E-state index in [0.29, 0.717) is 16.5 Å². The van der Waals surface area contributed by atoms with Crippen LogP contribution in [0.1, 0.15) is 29.6 Å². The molecule has 0 spiro atoms. The number of amides is 1. The SMILES string of the molecule is CC(CCc1ccco1)N(C)C(=O)c1ccn(COc2ccccc2Cl)n1. The zero-order valence-corrected chi connectivity index (χ0v) is 16.1. The average Bonchev–Trinajstić information content (AvgIpc) is 3.36. The van der Waals surface area contributed by atoms with Crippen molar-refractivity contribution in [1.29, 1.82) is 0 Å². The Morgan fingerprint density at radius 3 is 2.85 bits per heavy atom. The summed E-state index contributed by atoms with van der Waals surface area (Å²) >= 11 is 6.07. The fraction of sp³-hybridized carbons (Fsp3) is 0.300. The van der Waals surface area contributed by atoms with E-state index in [1.54, 1.807) is 47.3 Å². The molecule has 142 valence electrons. The van der Waals surface area contributed by atoms with Gasteiger partial charge in [-0.05, 0) is 43.7 Å². The van der Waals surface area contributed by atoms with E-state index in [0.717, 1.165) is 18.6 Å². The van der Waals surface area contributed by atoms with Gasteiger partial charge in [0.2, 0.25) is 0 Å². The highest BCUT2D eigenvalue weighted by molar-refractivity contribution is 6.32. The Kier molecular flexibility index (Phi) is 6.19. The topological polar surface area (TPSA) is 60.5 Å². The smallest absolute Gasteiger partial charge is 0.274 e. The van der Waals surface area contributed by atoms with Crippen molar-refractivity contribution >= 4 is 17.5 Å². The third-order valence-corrected chi connectivity index (χ3v) is 4.73. The van der Waals surface area contributed by atoms with E-state index in [9.17, 15) is 4.79 Å². The number of para-hydroxylation sites is 1. The van der Waals surface area contributed by atoms with Crippen molar-refractivity contribution in [2.24, 2.45) is 0 Å². The lowest BCUT2D eigenvalue weighted by molar-refractivity contribution is 0.0728. The van der Waals surface area contributed by atoms with Crippen LogP contribution in [0.4, 0.5) is 0 Å². The van der Waals surface area contributed by atoms with Gasteiger partial charge in [-0.1, -0.05) is 23.7 Å². The Labute approximate surface area is 163 Å². The highest BCUT2D eigenvalue weighted by Gasteiger charge is 2.20. The van der Waals surface area contributed by atoms with Crippen molar-refractivity contribution in [3.63, 3.8) is 0 Å². The van der Waals surface area contributed by atoms with Crippen LogP contribution in [0.2, 0.25) is 5.02 Å². The first-order chi connectivity index (χ1) is 13.0. The van der Waals surface area contributed by atoms with Gasteiger partial charge in [-0.2, -0.15) is 5.10 Å². The van der Waals surface area contributed by atoms with E-state index in [4.69, 9.17) is 20.8 Å². The third kappa shape index (κ3) is 4.92. The van der Waals surface area contributed by atoms with Crippen LogP contribution in [0.25, 0.3) is 0 Å². The number of hydrogen-bond acceptors (Lipinski definition) is 4. The van der Waals surface area contributed by atoms with Crippen LogP contribution >= 0.6 is 11.6 Å². The minimum absolute atomic E-state index is 0.0622. The Balaban J connectivity index is 1.54. The van der Waals surface area contributed by atoms with Crippen molar-refractivity contribution in [3.8, 4) is 5.75 Å². The zero-order chi connectivity index (χ0) is 19.2. The molecule has 2 heterocycles. The molecule has 27 heavy (non-hydrogen) atoms. The van der Waals surface area contributed by atoms with Gasteiger partial charge < -0.3 is 14.1 Å². The van der Waals surface area contributed by atoms with Gasteiger partial charge in [-0.25, -0.2) is 4.68 Å². The molecule has 3 rings (SSSR count). The molecule has 0 saturated heterocycles. The molecule has 1 aromatic carbocycles. The summed E-state index contributed by atoms with van der Waals surface area (Å²) in [6.45, 7) is 2.19. The number of nitrogens with zero attached hydrogens (tertiary/aromatic N) is 3. The van der Waals surface area contributed by atoms with Gasteiger partial charge in [0.15, 0.2) is 12.4 Å². The third-order valence-electron chi connectivity index (χ3n) is 4.42. The molecule has 2 aromatic heterocycles. The van der Waals surface area contributed by atoms with Gasteiger partial charge in [0.1, 0.15) is 11.5 Å². The molecule has 3 aromatic rings. The van der Waals surface area contributed by atoms with Crippen molar-refractivity contribution in [2.75, 3.05) is 7.05 Å². The second-order valence-electron chi connectivity index (χ2n) is 6.33. The van der Waals surface area contributed by atoms with Crippen molar-refractivity contribution in [1.82, 2.24) is 14.7 Å². The Morgan fingerprint density at radius 2 is 2.11 bits per heavy atom. The molecular weight excluding hydrogens is 366 g/mol. The summed E-state index contributed by atoms with van der Waals surface area (Å²) in [6.07, 6.45) is 4.97. The number of benzene rings is 1. The summed E-state index contributed by atoms with van der Waals surface area (Å²) in [5.41, 5.74) is 0.380. The monoisotopic (exact) mass is 387 g/mol. The van der Waals surface area contributed by atoms with Crippen LogP contribution in [0.5, 0.6) is 5.75 Å². The van der Waals surface area contributed by atoms with Crippen molar-refractivity contribution < 1.29 is 13.9 Å². The number of aryl methyl sites for hydroxylation is 1. The second-order valence-corrected chi connectivity index (χ2v) is 6.73. The first-order valence-electron chi connectivity index (χ1n) is 8.75. The van der Waals surface area contributed by atoms with E-state index < -0.39 is 0 Å². The summed E-state index contributed by atoms with van der Waals surface area (Å²) < 4.78 is 12.5. The maximum absolute atomic E-state index is 12.7. The number of hydrogen-bond donors (Lipinski definition) is 0. The number of ether oxygens (including phenoxy) is 1. The first kappa shape index (κ1) is 19.0. The molecule has 7 heteroatoms. The fourth-order valence-corrected chi connectivity index (χ4v) is 2.82. The summed E-state index contributed by atoms with van der Waals surface area (Å²) in [4.78, 5) is 14.4. The minimum Gasteiger partial charge on any atom is -0.470 e. The Bertz CT molecular complexity index is 876. The van der Waals surface area contributed by atoms with Crippen LogP contribution in [0, 0.1) is 0 Å². The molecule has 0 aliphatic rings. The van der Waals surface area contributed by atoms with Gasteiger partial charge in [-0.3, -0.25) is 4.79 Å². The highest BCUT2D eigenvalue weighted by Crippen LogP contribution is 2.23. The fourth-order valence-electron chi connectivity index (χ4n) is 2.63. The quantitative estimate of drug-likeness (QED) is 0.579. The van der Waals surface area contributed by atoms with Crippen molar-refractivity contribution in [3.05, 3.63) is 71.4 Å². The summed E-state index contributed by atoms with van der Waals surface area (Å²) in [6, 6.07) is 12.8. The molecule has 1 atom stereocenters. The molecule has 0 N–H and O–H groups in total. The Morgan fingerprint density at radius 1 is 1.30 bits per heavy atom. The summed E-state index contributed by atoms with van der Waals surface area (Å²) in [7, 11) is 1.79. The molecular formula is C20H22ClN3O3. The predicted octanol–water partition coefficient (Wildman–Crippen LogP) is 4.26. The van der Waals surface area contributed by atoms with Gasteiger partial charge in [0.25, 0.3) is 5.91 Å². The van der Waals surface area contributed by atoms with Gasteiger partial charge >= 0.3 is 0 Å². The van der Waals surface area contributed by atoms with E-state index >= 15 is 0 Å². The van der Waals surface area contributed by atoms with Gasteiger partial charge in [0, 0.05) is 25.7 Å². The number of rotatable bonds is 8. The lowest BCUT2D eigenvalue weighted by Gasteiger charge is -2.23. The van der Waals surface area contributed by atoms with E-state index in [1.165, 1.54) is 0 Å². The summed E-state index contributed by atoms with van der Waals surface area (Å²) in [5.74, 6) is 1.37. The van der Waals surface area contributed by atoms with Crippen LogP contribution in [0.3, 0.4) is 0 Å². The first-order valence-corrected chi connectivity index (χ1v) is 9.12. The Hall–Kier alpha value is -2.73. The lowest BCUT2D eigenvalue weighted by atomic mass is 10.1. The molecule has 1 unspecified atom stereocenters. The van der Waals surface area contributed by atoms with Gasteiger partial charge in [0.05, 0.1) is 11.3 Å². The van der Waals surface area contributed by atoms with Crippen LogP contribution in [-0.2, 0) is 13.2 Å². The standard InChI is InChI=1S/C20H22ClN3O3/c1-15(9-10-16-6-5-13-26-16)23(2)20(25)18-11-12-24(22-18)14-27-19-8-4-3-7-17(19)21/h3-8,11-13,15H,9-10,14H2,1-2H3. The molecule has 1 amide bonds. The van der Waals surface area contributed by atoms with Crippen LogP contribution in [-0.4, -0.2) is 33.7 Å². The number of furan rings is 1. The maximum Gasteiger partial charge on any atom is 0.274 e. The second kappa shape index (κ2) is 8.77. The highest BCUT2D eigenvalue weighted by atomic mass is 35.5.